The lowest BCUT2D eigenvalue weighted by atomic mass is 9.87. The topological polar surface area (TPSA) is 56.5 Å². The first-order chi connectivity index (χ1) is 15.1. The van der Waals surface area contributed by atoms with Crippen molar-refractivity contribution in [3.63, 3.8) is 0 Å². The fourth-order valence-electron chi connectivity index (χ4n) is 3.43. The summed E-state index contributed by atoms with van der Waals surface area (Å²) in [7, 11) is 0. The third-order valence-corrected chi connectivity index (χ3v) is 5.55. The molecule has 0 aliphatic rings. The average molecular weight is 447 g/mol. The average Bonchev–Trinajstić information content (AvgIpc) is 2.75. The molecule has 0 unspecified atom stereocenters. The molecule has 0 aliphatic heterocycles. The first kappa shape index (κ1) is 21.8. The van der Waals surface area contributed by atoms with Gasteiger partial charge in [0.15, 0.2) is 5.76 Å². The number of rotatable bonds is 3. The number of benzene rings is 3. The smallest absolute Gasteiger partial charge is 0.343 e. The molecular weight excluding hydrogens is 424 g/mol. The quantitative estimate of drug-likeness (QED) is 0.320. The van der Waals surface area contributed by atoms with Crippen LogP contribution in [0.5, 0.6) is 5.75 Å². The summed E-state index contributed by atoms with van der Waals surface area (Å²) in [4.78, 5) is 26.2. The van der Waals surface area contributed by atoms with E-state index in [2.05, 4.69) is 20.8 Å². The summed E-state index contributed by atoms with van der Waals surface area (Å²) in [6, 6.07) is 19.3. The Morgan fingerprint density at radius 2 is 1.59 bits per heavy atom. The summed E-state index contributed by atoms with van der Waals surface area (Å²) < 4.78 is 11.7. The van der Waals surface area contributed by atoms with Crippen LogP contribution in [0.3, 0.4) is 0 Å². The molecule has 0 bridgehead atoms. The minimum Gasteiger partial charge on any atom is -0.452 e. The molecule has 0 N–H and O–H groups in total. The second-order valence-electron chi connectivity index (χ2n) is 8.81. The molecule has 32 heavy (non-hydrogen) atoms. The number of carbonyl (C=O) groups is 1. The van der Waals surface area contributed by atoms with Crippen LogP contribution >= 0.6 is 11.6 Å². The van der Waals surface area contributed by atoms with E-state index in [1.165, 1.54) is 0 Å². The van der Waals surface area contributed by atoms with E-state index in [0.717, 1.165) is 11.1 Å². The number of esters is 1. The van der Waals surface area contributed by atoms with Crippen LogP contribution in [0.15, 0.2) is 75.9 Å². The van der Waals surface area contributed by atoms with E-state index in [4.69, 9.17) is 20.8 Å². The lowest BCUT2D eigenvalue weighted by molar-refractivity contribution is 0.0731. The van der Waals surface area contributed by atoms with Gasteiger partial charge < -0.3 is 9.15 Å². The summed E-state index contributed by atoms with van der Waals surface area (Å²) in [6.07, 6.45) is 0. The van der Waals surface area contributed by atoms with Gasteiger partial charge in [-0.3, -0.25) is 4.79 Å². The Labute approximate surface area is 191 Å². The van der Waals surface area contributed by atoms with Gasteiger partial charge in [0.2, 0.25) is 11.2 Å². The van der Waals surface area contributed by atoms with E-state index < -0.39 is 11.4 Å². The number of aryl methyl sites for hydroxylation is 1. The summed E-state index contributed by atoms with van der Waals surface area (Å²) in [5.41, 5.74) is 2.96. The van der Waals surface area contributed by atoms with Crippen molar-refractivity contribution in [2.24, 2.45) is 0 Å². The van der Waals surface area contributed by atoms with E-state index >= 15 is 0 Å². The van der Waals surface area contributed by atoms with E-state index in [1.54, 1.807) is 48.5 Å². The van der Waals surface area contributed by atoms with Gasteiger partial charge in [0, 0.05) is 10.6 Å². The molecule has 0 saturated carbocycles. The molecule has 1 aromatic heterocycles. The zero-order chi connectivity index (χ0) is 23.0. The molecule has 4 nitrogen and oxygen atoms in total. The van der Waals surface area contributed by atoms with E-state index in [0.29, 0.717) is 27.1 Å². The Hall–Kier alpha value is -3.37. The van der Waals surface area contributed by atoms with Gasteiger partial charge in [-0.15, -0.1) is 0 Å². The van der Waals surface area contributed by atoms with Crippen LogP contribution in [-0.4, -0.2) is 5.97 Å². The van der Waals surface area contributed by atoms with Crippen LogP contribution in [-0.2, 0) is 5.41 Å². The van der Waals surface area contributed by atoms with Gasteiger partial charge in [-0.2, -0.15) is 0 Å². The van der Waals surface area contributed by atoms with Gasteiger partial charge >= 0.3 is 5.97 Å². The fraction of sp³-hybridized carbons (Fsp3) is 0.185. The Kier molecular flexibility index (Phi) is 5.66. The van der Waals surface area contributed by atoms with Crippen LogP contribution in [0, 0.1) is 6.92 Å². The maximum Gasteiger partial charge on any atom is 0.343 e. The lowest BCUT2D eigenvalue weighted by Crippen LogP contribution is -2.17. The van der Waals surface area contributed by atoms with E-state index in [9.17, 15) is 9.59 Å². The standard InChI is InChI=1S/C27H23ClO4/c1-16-5-14-21-22(15-16)31-24(17-8-12-20(28)13-9-17)25(23(21)29)32-26(30)18-6-10-19(11-7-18)27(2,3)4/h5-15H,1-4H3. The van der Waals surface area contributed by atoms with Gasteiger partial charge in [0.05, 0.1) is 10.9 Å². The minimum absolute atomic E-state index is 0.0399. The predicted octanol–water partition coefficient (Wildman–Crippen LogP) is 6.94. The van der Waals surface area contributed by atoms with Crippen molar-refractivity contribution in [2.75, 3.05) is 0 Å². The highest BCUT2D eigenvalue weighted by Gasteiger charge is 2.22. The second kappa shape index (κ2) is 8.29. The number of hydrogen-bond acceptors (Lipinski definition) is 4. The molecule has 0 amide bonds. The predicted molar refractivity (Wildman–Crippen MR) is 128 cm³/mol. The van der Waals surface area contributed by atoms with Crippen molar-refractivity contribution in [1.82, 2.24) is 0 Å². The molecule has 0 aliphatic carbocycles. The third kappa shape index (κ3) is 4.32. The van der Waals surface area contributed by atoms with Crippen LogP contribution in [0.2, 0.25) is 5.02 Å². The highest BCUT2D eigenvalue weighted by molar-refractivity contribution is 6.30. The molecule has 0 spiro atoms. The molecular formula is C27H23ClO4. The number of ether oxygens (including phenoxy) is 1. The molecule has 4 rings (SSSR count). The molecule has 4 aromatic rings. The molecule has 3 aromatic carbocycles. The largest absolute Gasteiger partial charge is 0.452 e. The van der Waals surface area contributed by atoms with Crippen LogP contribution in [0.1, 0.15) is 42.3 Å². The molecule has 162 valence electrons. The molecule has 0 saturated heterocycles. The first-order valence-electron chi connectivity index (χ1n) is 10.3. The second-order valence-corrected chi connectivity index (χ2v) is 9.25. The number of fused-ring (bicyclic) bond motifs is 1. The zero-order valence-electron chi connectivity index (χ0n) is 18.4. The summed E-state index contributed by atoms with van der Waals surface area (Å²) >= 11 is 6.02. The molecule has 0 fully saturated rings. The Morgan fingerprint density at radius 3 is 2.22 bits per heavy atom. The van der Waals surface area contributed by atoms with Gasteiger partial charge in [0.25, 0.3) is 0 Å². The van der Waals surface area contributed by atoms with E-state index in [1.807, 2.05) is 25.1 Å². The van der Waals surface area contributed by atoms with Crippen molar-refractivity contribution >= 4 is 28.5 Å². The fourth-order valence-corrected chi connectivity index (χ4v) is 3.55. The van der Waals surface area contributed by atoms with Crippen molar-refractivity contribution < 1.29 is 13.9 Å². The maximum atomic E-state index is 13.3. The maximum absolute atomic E-state index is 13.3. The Morgan fingerprint density at radius 1 is 0.938 bits per heavy atom. The normalized spacial score (nSPS) is 11.5. The first-order valence-corrected chi connectivity index (χ1v) is 10.7. The molecule has 5 heteroatoms. The lowest BCUT2D eigenvalue weighted by Gasteiger charge is -2.19. The van der Waals surface area contributed by atoms with Gasteiger partial charge in [-0.1, -0.05) is 50.6 Å². The van der Waals surface area contributed by atoms with Crippen LogP contribution in [0.4, 0.5) is 0 Å². The summed E-state index contributed by atoms with van der Waals surface area (Å²) in [5.74, 6) is -0.586. The van der Waals surface area contributed by atoms with Gasteiger partial charge in [0.1, 0.15) is 5.58 Å². The minimum atomic E-state index is -0.626. The van der Waals surface area contributed by atoms with Gasteiger partial charge in [-0.05, 0) is 72.0 Å². The van der Waals surface area contributed by atoms with Crippen molar-refractivity contribution in [3.05, 3.63) is 98.7 Å². The molecule has 1 heterocycles. The highest BCUT2D eigenvalue weighted by atomic mass is 35.5. The SMILES string of the molecule is Cc1ccc2c(=O)c(OC(=O)c3ccc(C(C)(C)C)cc3)c(-c3ccc(Cl)cc3)oc2c1. The Balaban J connectivity index is 1.81. The van der Waals surface area contributed by atoms with E-state index in [-0.39, 0.29) is 16.9 Å². The zero-order valence-corrected chi connectivity index (χ0v) is 19.1. The number of carbonyl (C=O) groups excluding carboxylic acids is 1. The Bertz CT molecular complexity index is 1360. The van der Waals surface area contributed by atoms with Crippen molar-refractivity contribution in [1.29, 1.82) is 0 Å². The molecule has 0 atom stereocenters. The third-order valence-electron chi connectivity index (χ3n) is 5.29. The number of halogens is 1. The van der Waals surface area contributed by atoms with Crippen molar-refractivity contribution in [2.45, 2.75) is 33.1 Å². The van der Waals surface area contributed by atoms with Gasteiger partial charge in [-0.25, -0.2) is 4.79 Å². The summed E-state index contributed by atoms with van der Waals surface area (Å²) in [6.45, 7) is 8.21. The van der Waals surface area contributed by atoms with Crippen LogP contribution in [0.25, 0.3) is 22.3 Å². The summed E-state index contributed by atoms with van der Waals surface area (Å²) in [5, 5.41) is 0.893. The monoisotopic (exact) mass is 446 g/mol. The molecule has 0 radical (unpaired) electrons. The van der Waals surface area contributed by atoms with Crippen molar-refractivity contribution in [3.8, 4) is 17.1 Å². The highest BCUT2D eigenvalue weighted by Crippen LogP contribution is 2.32. The van der Waals surface area contributed by atoms with Crippen LogP contribution < -0.4 is 10.2 Å². The number of hydrogen-bond donors (Lipinski definition) is 0.